The molecule has 0 spiro atoms. The lowest BCUT2D eigenvalue weighted by Crippen LogP contribution is -2.20. The summed E-state index contributed by atoms with van der Waals surface area (Å²) in [5.41, 5.74) is 2.43. The van der Waals surface area contributed by atoms with Crippen molar-refractivity contribution in [2.75, 3.05) is 19.5 Å². The van der Waals surface area contributed by atoms with Gasteiger partial charge in [-0.05, 0) is 35.9 Å². The van der Waals surface area contributed by atoms with Crippen molar-refractivity contribution in [1.29, 1.82) is 0 Å². The Balaban J connectivity index is 1.92. The molecule has 2 aromatic carbocycles. The zero-order chi connectivity index (χ0) is 18.9. The Labute approximate surface area is 152 Å². The first-order chi connectivity index (χ1) is 12.5. The summed E-state index contributed by atoms with van der Waals surface area (Å²) in [6, 6.07) is 12.6. The average Bonchev–Trinajstić information content (AvgIpc) is 2.65. The van der Waals surface area contributed by atoms with Gasteiger partial charge in [0.05, 0.1) is 14.2 Å². The second kappa shape index (κ2) is 9.27. The van der Waals surface area contributed by atoms with Crippen LogP contribution in [-0.4, -0.2) is 26.0 Å². The van der Waals surface area contributed by atoms with Gasteiger partial charge in [0.2, 0.25) is 11.8 Å². The monoisotopic (exact) mass is 354 g/mol. The molecule has 0 saturated carbocycles. The molecule has 0 aliphatic rings. The lowest BCUT2D eigenvalue weighted by Gasteiger charge is -2.10. The molecule has 0 fully saturated rings. The van der Waals surface area contributed by atoms with Crippen LogP contribution in [0, 0.1) is 0 Å². The Bertz CT molecular complexity index is 798. The molecule has 2 aromatic rings. The number of carbonyl (C=O) groups is 2. The van der Waals surface area contributed by atoms with Gasteiger partial charge in [-0.15, -0.1) is 0 Å². The second-order valence-electron chi connectivity index (χ2n) is 5.53. The summed E-state index contributed by atoms with van der Waals surface area (Å²) in [6.45, 7) is 1.80. The molecular weight excluding hydrogens is 332 g/mol. The Kier molecular flexibility index (Phi) is 6.79. The smallest absolute Gasteiger partial charge is 0.244 e. The molecule has 0 bridgehead atoms. The number of methoxy groups -OCH3 is 2. The molecular formula is C20H22N2O4. The van der Waals surface area contributed by atoms with Crippen LogP contribution < -0.4 is 20.1 Å². The van der Waals surface area contributed by atoms with Gasteiger partial charge in [-0.1, -0.05) is 12.1 Å². The van der Waals surface area contributed by atoms with Crippen molar-refractivity contribution in [3.8, 4) is 11.5 Å². The van der Waals surface area contributed by atoms with Crippen molar-refractivity contribution in [2.24, 2.45) is 0 Å². The van der Waals surface area contributed by atoms with Crippen LogP contribution in [-0.2, 0) is 16.1 Å². The third-order valence-corrected chi connectivity index (χ3v) is 3.61. The molecule has 6 heteroatoms. The molecule has 2 rings (SSSR count). The van der Waals surface area contributed by atoms with E-state index in [1.165, 1.54) is 13.0 Å². The fraction of sp³-hybridized carbons (Fsp3) is 0.200. The van der Waals surface area contributed by atoms with Crippen LogP contribution in [0.25, 0.3) is 6.08 Å². The van der Waals surface area contributed by atoms with E-state index in [1.807, 2.05) is 24.3 Å². The van der Waals surface area contributed by atoms with Crippen molar-refractivity contribution >= 4 is 23.6 Å². The van der Waals surface area contributed by atoms with E-state index in [1.54, 1.807) is 38.5 Å². The topological polar surface area (TPSA) is 76.7 Å². The standard InChI is InChI=1S/C20H22N2O4/c1-14(23)22-17-8-4-15(5-9-17)6-11-20(24)21-13-16-7-10-18(25-2)12-19(16)26-3/h4-12H,13H2,1-3H3,(H,21,24)(H,22,23)/b11-6+. The highest BCUT2D eigenvalue weighted by atomic mass is 16.5. The van der Waals surface area contributed by atoms with Gasteiger partial charge in [0.25, 0.3) is 0 Å². The molecule has 26 heavy (non-hydrogen) atoms. The maximum Gasteiger partial charge on any atom is 0.244 e. The first-order valence-corrected chi connectivity index (χ1v) is 8.06. The summed E-state index contributed by atoms with van der Waals surface area (Å²) < 4.78 is 10.5. The first-order valence-electron chi connectivity index (χ1n) is 8.06. The van der Waals surface area contributed by atoms with Crippen LogP contribution in [0.3, 0.4) is 0 Å². The van der Waals surface area contributed by atoms with E-state index in [9.17, 15) is 9.59 Å². The van der Waals surface area contributed by atoms with E-state index < -0.39 is 0 Å². The zero-order valence-corrected chi connectivity index (χ0v) is 15.0. The predicted octanol–water partition coefficient (Wildman–Crippen LogP) is 2.99. The molecule has 0 atom stereocenters. The lowest BCUT2D eigenvalue weighted by molar-refractivity contribution is -0.116. The van der Waals surface area contributed by atoms with Crippen LogP contribution in [0.15, 0.2) is 48.5 Å². The Morgan fingerprint density at radius 1 is 1.04 bits per heavy atom. The van der Waals surface area contributed by atoms with Crippen molar-refractivity contribution in [1.82, 2.24) is 5.32 Å². The summed E-state index contributed by atoms with van der Waals surface area (Å²) in [4.78, 5) is 23.0. The third-order valence-electron chi connectivity index (χ3n) is 3.61. The summed E-state index contributed by atoms with van der Waals surface area (Å²) >= 11 is 0. The lowest BCUT2D eigenvalue weighted by atomic mass is 10.1. The Morgan fingerprint density at radius 2 is 1.77 bits per heavy atom. The van der Waals surface area contributed by atoms with Gasteiger partial charge in [-0.3, -0.25) is 9.59 Å². The molecule has 0 heterocycles. The number of hydrogen-bond acceptors (Lipinski definition) is 4. The van der Waals surface area contributed by atoms with Gasteiger partial charge in [0.1, 0.15) is 11.5 Å². The van der Waals surface area contributed by atoms with Crippen molar-refractivity contribution in [3.05, 3.63) is 59.7 Å². The van der Waals surface area contributed by atoms with Crippen molar-refractivity contribution < 1.29 is 19.1 Å². The molecule has 0 unspecified atom stereocenters. The van der Waals surface area contributed by atoms with E-state index >= 15 is 0 Å². The fourth-order valence-corrected chi connectivity index (χ4v) is 2.29. The SMILES string of the molecule is COc1ccc(CNC(=O)/C=C/c2ccc(NC(C)=O)cc2)c(OC)c1. The van der Waals surface area contributed by atoms with Gasteiger partial charge in [0.15, 0.2) is 0 Å². The van der Waals surface area contributed by atoms with Gasteiger partial charge in [0, 0.05) is 36.9 Å². The molecule has 0 saturated heterocycles. The summed E-state index contributed by atoms with van der Waals surface area (Å²) in [5.74, 6) is 1.01. The largest absolute Gasteiger partial charge is 0.497 e. The summed E-state index contributed by atoms with van der Waals surface area (Å²) in [6.07, 6.45) is 3.17. The van der Waals surface area contributed by atoms with E-state index in [0.717, 1.165) is 11.1 Å². The van der Waals surface area contributed by atoms with Gasteiger partial charge >= 0.3 is 0 Å². The van der Waals surface area contributed by atoms with Crippen molar-refractivity contribution in [3.63, 3.8) is 0 Å². The minimum absolute atomic E-state index is 0.123. The van der Waals surface area contributed by atoms with E-state index in [-0.39, 0.29) is 11.8 Å². The van der Waals surface area contributed by atoms with Crippen LogP contribution >= 0.6 is 0 Å². The number of rotatable bonds is 7. The number of carbonyl (C=O) groups excluding carboxylic acids is 2. The minimum atomic E-state index is -0.214. The Morgan fingerprint density at radius 3 is 2.38 bits per heavy atom. The summed E-state index contributed by atoms with van der Waals surface area (Å²) in [7, 11) is 3.16. The molecule has 0 aliphatic carbocycles. The average molecular weight is 354 g/mol. The zero-order valence-electron chi connectivity index (χ0n) is 15.0. The number of hydrogen-bond donors (Lipinski definition) is 2. The number of ether oxygens (including phenoxy) is 2. The number of nitrogens with one attached hydrogen (secondary N) is 2. The van der Waals surface area contributed by atoms with Gasteiger partial charge in [-0.25, -0.2) is 0 Å². The second-order valence-corrected chi connectivity index (χ2v) is 5.53. The number of anilines is 1. The van der Waals surface area contributed by atoms with Crippen LogP contribution in [0.1, 0.15) is 18.1 Å². The van der Waals surface area contributed by atoms with E-state index in [0.29, 0.717) is 23.7 Å². The molecule has 0 aromatic heterocycles. The van der Waals surface area contributed by atoms with E-state index in [4.69, 9.17) is 9.47 Å². The molecule has 2 amide bonds. The van der Waals surface area contributed by atoms with Gasteiger partial charge in [-0.2, -0.15) is 0 Å². The highest BCUT2D eigenvalue weighted by Crippen LogP contribution is 2.24. The maximum absolute atomic E-state index is 12.0. The molecule has 2 N–H and O–H groups in total. The Hall–Kier alpha value is -3.28. The normalized spacial score (nSPS) is 10.4. The summed E-state index contributed by atoms with van der Waals surface area (Å²) in [5, 5.41) is 5.51. The molecule has 0 radical (unpaired) electrons. The van der Waals surface area contributed by atoms with Crippen molar-refractivity contribution in [2.45, 2.75) is 13.5 Å². The molecule has 6 nitrogen and oxygen atoms in total. The van der Waals surface area contributed by atoms with Crippen LogP contribution in [0.4, 0.5) is 5.69 Å². The number of benzene rings is 2. The third kappa shape index (κ3) is 5.66. The predicted molar refractivity (Wildman–Crippen MR) is 101 cm³/mol. The quantitative estimate of drug-likeness (QED) is 0.750. The van der Waals surface area contributed by atoms with Crippen LogP contribution in [0.5, 0.6) is 11.5 Å². The highest BCUT2D eigenvalue weighted by Gasteiger charge is 2.06. The van der Waals surface area contributed by atoms with E-state index in [2.05, 4.69) is 10.6 Å². The number of amides is 2. The maximum atomic E-state index is 12.0. The first kappa shape index (κ1) is 19.1. The fourth-order valence-electron chi connectivity index (χ4n) is 2.29. The molecule has 0 aliphatic heterocycles. The minimum Gasteiger partial charge on any atom is -0.497 e. The molecule has 136 valence electrons. The highest BCUT2D eigenvalue weighted by molar-refractivity contribution is 5.92. The van der Waals surface area contributed by atoms with Gasteiger partial charge < -0.3 is 20.1 Å². The van der Waals surface area contributed by atoms with Crippen LogP contribution in [0.2, 0.25) is 0 Å².